The minimum absolute atomic E-state index is 0.0215. The van der Waals surface area contributed by atoms with Crippen LogP contribution in [0.15, 0.2) is 47.4 Å². The van der Waals surface area contributed by atoms with E-state index in [1.54, 1.807) is 19.3 Å². The van der Waals surface area contributed by atoms with E-state index in [2.05, 4.69) is 5.32 Å². The second-order valence-corrected chi connectivity index (χ2v) is 11.3. The molecule has 1 aliphatic rings. The van der Waals surface area contributed by atoms with Gasteiger partial charge in [-0.25, -0.2) is 4.39 Å². The Morgan fingerprint density at radius 1 is 1.05 bits per heavy atom. The summed E-state index contributed by atoms with van der Waals surface area (Å²) in [5.41, 5.74) is 3.89. The molecule has 0 aliphatic heterocycles. The Morgan fingerprint density at radius 2 is 1.74 bits per heavy atom. The van der Waals surface area contributed by atoms with Crippen LogP contribution < -0.4 is 15.6 Å². The van der Waals surface area contributed by atoms with Gasteiger partial charge >= 0.3 is 0 Å². The Hall–Kier alpha value is -3.49. The molecule has 0 bridgehead atoms. The van der Waals surface area contributed by atoms with Crippen LogP contribution in [0.2, 0.25) is 0 Å². The highest BCUT2D eigenvalue weighted by molar-refractivity contribution is 7.21. The van der Waals surface area contributed by atoms with Crippen LogP contribution >= 0.6 is 11.3 Å². The minimum Gasteiger partial charge on any atom is -0.457 e. The van der Waals surface area contributed by atoms with Crippen molar-refractivity contribution in [1.29, 1.82) is 0 Å². The van der Waals surface area contributed by atoms with Crippen molar-refractivity contribution in [3.05, 3.63) is 80.3 Å². The topological polar surface area (TPSA) is 80.6 Å². The summed E-state index contributed by atoms with van der Waals surface area (Å²) in [4.78, 5) is 26.6. The molecule has 38 heavy (non-hydrogen) atoms. The molecule has 1 fully saturated rings. The summed E-state index contributed by atoms with van der Waals surface area (Å²) >= 11 is 1.30. The van der Waals surface area contributed by atoms with E-state index in [4.69, 9.17) is 4.74 Å². The van der Waals surface area contributed by atoms with Gasteiger partial charge in [0, 0.05) is 29.5 Å². The molecular formula is C30H31FN2O4S. The van der Waals surface area contributed by atoms with E-state index in [1.807, 2.05) is 39.0 Å². The number of carbonyl (C=O) groups is 1. The molecule has 0 saturated heterocycles. The van der Waals surface area contributed by atoms with E-state index < -0.39 is 0 Å². The lowest BCUT2D eigenvalue weighted by molar-refractivity contribution is 0.0871. The Labute approximate surface area is 224 Å². The Bertz CT molecular complexity index is 1580. The molecule has 0 atom stereocenters. The minimum atomic E-state index is -0.302. The van der Waals surface area contributed by atoms with Gasteiger partial charge in [0.15, 0.2) is 0 Å². The predicted molar refractivity (Wildman–Crippen MR) is 149 cm³/mol. The molecular weight excluding hydrogens is 503 g/mol. The highest BCUT2D eigenvalue weighted by Crippen LogP contribution is 2.37. The SMILES string of the molecule is Cc1cc(Oc2c(C)cc(F)cc2C)cc(-c2cn(C)c(=O)c3cc(C(=O)NC4CCC(O)CC4)sc23)c1. The number of carbonyl (C=O) groups excluding carboxylic acids is 1. The molecule has 1 amide bonds. The maximum atomic E-state index is 13.8. The number of pyridine rings is 1. The maximum absolute atomic E-state index is 13.8. The number of ether oxygens (including phenoxy) is 1. The number of hydrogen-bond donors (Lipinski definition) is 2. The summed E-state index contributed by atoms with van der Waals surface area (Å²) in [6.45, 7) is 5.59. The standard InChI is InChI=1S/C30H31FN2O4S/c1-16-9-19(13-23(10-16)37-27-17(2)11-20(31)12-18(27)3)25-15-33(4)30(36)24-14-26(38-28(24)25)29(35)32-21-5-7-22(34)8-6-21/h9-15,21-22,34H,5-8H2,1-4H3,(H,32,35). The second kappa shape index (κ2) is 10.3. The molecule has 0 spiro atoms. The Morgan fingerprint density at radius 3 is 2.42 bits per heavy atom. The molecule has 5 rings (SSSR count). The number of nitrogens with zero attached hydrogens (tertiary/aromatic N) is 1. The summed E-state index contributed by atoms with van der Waals surface area (Å²) in [5.74, 6) is 0.715. The largest absolute Gasteiger partial charge is 0.457 e. The van der Waals surface area contributed by atoms with E-state index in [0.717, 1.165) is 34.2 Å². The van der Waals surface area contributed by atoms with Crippen molar-refractivity contribution in [1.82, 2.24) is 9.88 Å². The van der Waals surface area contributed by atoms with Gasteiger partial charge in [-0.2, -0.15) is 0 Å². The molecule has 8 heteroatoms. The quantitative estimate of drug-likeness (QED) is 0.322. The van der Waals surface area contributed by atoms with Gasteiger partial charge in [0.2, 0.25) is 0 Å². The fraction of sp³-hybridized carbons (Fsp3) is 0.333. The Balaban J connectivity index is 1.52. The number of hydrogen-bond acceptors (Lipinski definition) is 5. The summed E-state index contributed by atoms with van der Waals surface area (Å²) in [7, 11) is 1.70. The van der Waals surface area contributed by atoms with Gasteiger partial charge in [-0.15, -0.1) is 11.3 Å². The Kier molecular flexibility index (Phi) is 7.11. The van der Waals surface area contributed by atoms with Gasteiger partial charge in [-0.3, -0.25) is 9.59 Å². The van der Waals surface area contributed by atoms with Gasteiger partial charge in [0.1, 0.15) is 17.3 Å². The summed E-state index contributed by atoms with van der Waals surface area (Å²) in [6, 6.07) is 10.4. The number of aromatic nitrogens is 1. The number of nitrogens with one attached hydrogen (secondary N) is 1. The average molecular weight is 535 g/mol. The number of aliphatic hydroxyl groups is 1. The molecule has 2 N–H and O–H groups in total. The average Bonchev–Trinajstić information content (AvgIpc) is 3.31. The third-order valence-electron chi connectivity index (χ3n) is 7.11. The molecule has 2 aromatic heterocycles. The molecule has 2 heterocycles. The molecule has 6 nitrogen and oxygen atoms in total. The third-order valence-corrected chi connectivity index (χ3v) is 8.28. The molecule has 1 aliphatic carbocycles. The smallest absolute Gasteiger partial charge is 0.261 e. The zero-order chi connectivity index (χ0) is 27.1. The van der Waals surface area contributed by atoms with Crippen LogP contribution in [0.1, 0.15) is 52.0 Å². The van der Waals surface area contributed by atoms with Crippen molar-refractivity contribution in [2.45, 2.75) is 58.6 Å². The van der Waals surface area contributed by atoms with Crippen LogP contribution in [0.4, 0.5) is 4.39 Å². The molecule has 0 radical (unpaired) electrons. The van der Waals surface area contributed by atoms with Crippen LogP contribution in [-0.4, -0.2) is 27.7 Å². The first-order valence-corrected chi connectivity index (χ1v) is 13.6. The van der Waals surface area contributed by atoms with Crippen LogP contribution in [0.3, 0.4) is 0 Å². The number of aliphatic hydroxyl groups excluding tert-OH is 1. The van der Waals surface area contributed by atoms with E-state index in [9.17, 15) is 19.1 Å². The third kappa shape index (κ3) is 5.24. The van der Waals surface area contributed by atoms with E-state index in [1.165, 1.54) is 28.0 Å². The van der Waals surface area contributed by atoms with Gasteiger partial charge in [-0.1, -0.05) is 6.07 Å². The van der Waals surface area contributed by atoms with Gasteiger partial charge in [-0.05, 0) is 99.0 Å². The number of benzene rings is 2. The van der Waals surface area contributed by atoms with E-state index in [-0.39, 0.29) is 29.4 Å². The van der Waals surface area contributed by atoms with Gasteiger partial charge < -0.3 is 19.7 Å². The van der Waals surface area contributed by atoms with Crippen molar-refractivity contribution in [3.8, 4) is 22.6 Å². The fourth-order valence-corrected chi connectivity index (χ4v) is 6.27. The number of aryl methyl sites for hydroxylation is 4. The number of fused-ring (bicyclic) bond motifs is 1. The lowest BCUT2D eigenvalue weighted by Gasteiger charge is -2.25. The molecule has 198 valence electrons. The number of amides is 1. The van der Waals surface area contributed by atoms with Crippen LogP contribution in [0.25, 0.3) is 21.2 Å². The summed E-state index contributed by atoms with van der Waals surface area (Å²) < 4.78 is 22.3. The van der Waals surface area contributed by atoms with Crippen molar-refractivity contribution >= 4 is 27.3 Å². The van der Waals surface area contributed by atoms with Crippen LogP contribution in [-0.2, 0) is 7.05 Å². The summed E-state index contributed by atoms with van der Waals surface area (Å²) in [6.07, 6.45) is 4.33. The van der Waals surface area contributed by atoms with E-state index >= 15 is 0 Å². The maximum Gasteiger partial charge on any atom is 0.261 e. The van der Waals surface area contributed by atoms with E-state index in [0.29, 0.717) is 45.7 Å². The molecule has 2 aromatic carbocycles. The highest BCUT2D eigenvalue weighted by atomic mass is 32.1. The first kappa shape index (κ1) is 26.1. The van der Waals surface area contributed by atoms with Crippen molar-refractivity contribution in [2.24, 2.45) is 7.05 Å². The zero-order valence-electron chi connectivity index (χ0n) is 21.9. The lowest BCUT2D eigenvalue weighted by Crippen LogP contribution is -2.38. The first-order chi connectivity index (χ1) is 18.1. The number of halogens is 1. The van der Waals surface area contributed by atoms with Crippen LogP contribution in [0, 0.1) is 26.6 Å². The van der Waals surface area contributed by atoms with Crippen molar-refractivity contribution in [3.63, 3.8) is 0 Å². The van der Waals surface area contributed by atoms with Gasteiger partial charge in [0.25, 0.3) is 11.5 Å². The molecule has 1 saturated carbocycles. The highest BCUT2D eigenvalue weighted by Gasteiger charge is 2.23. The normalized spacial score (nSPS) is 17.5. The predicted octanol–water partition coefficient (Wildman–Crippen LogP) is 6.16. The molecule has 0 unspecified atom stereocenters. The summed E-state index contributed by atoms with van der Waals surface area (Å²) in [5, 5.41) is 13.3. The van der Waals surface area contributed by atoms with Crippen LogP contribution in [0.5, 0.6) is 11.5 Å². The second-order valence-electron chi connectivity index (χ2n) is 10.3. The number of rotatable bonds is 5. The first-order valence-electron chi connectivity index (χ1n) is 12.8. The van der Waals surface area contributed by atoms with Gasteiger partial charge in [0.05, 0.1) is 16.4 Å². The van der Waals surface area contributed by atoms with Crippen molar-refractivity contribution in [2.75, 3.05) is 0 Å². The molecule has 4 aromatic rings. The van der Waals surface area contributed by atoms with Crippen molar-refractivity contribution < 1.29 is 19.0 Å². The zero-order valence-corrected chi connectivity index (χ0v) is 22.7. The monoisotopic (exact) mass is 534 g/mol. The lowest BCUT2D eigenvalue weighted by atomic mass is 9.93. The fourth-order valence-electron chi connectivity index (χ4n) is 5.18. The number of thiophene rings is 1.